The zero-order valence-electron chi connectivity index (χ0n) is 8.26. The van der Waals surface area contributed by atoms with Gasteiger partial charge < -0.3 is 10.7 Å². The zero-order valence-corrected chi connectivity index (χ0v) is 10.6. The number of aromatic nitrogens is 2. The van der Waals surface area contributed by atoms with Crippen molar-refractivity contribution in [1.29, 1.82) is 0 Å². The third-order valence-corrected chi connectivity index (χ3v) is 4.27. The molecule has 1 fully saturated rings. The van der Waals surface area contributed by atoms with E-state index in [2.05, 4.69) is 9.97 Å². The molecule has 0 aromatic carbocycles. The smallest absolute Gasteiger partial charge is 0.126 e. The molecule has 3 N–H and O–H groups in total. The molecule has 84 valence electrons. The van der Waals surface area contributed by atoms with Crippen LogP contribution in [0.5, 0.6) is 0 Å². The highest BCUT2D eigenvalue weighted by Crippen LogP contribution is 2.43. The predicted octanol–water partition coefficient (Wildman–Crippen LogP) is 3.39. The van der Waals surface area contributed by atoms with Crippen LogP contribution in [0.2, 0.25) is 8.67 Å². The number of H-pyrrole nitrogens is 1. The Morgan fingerprint density at radius 3 is 2.75 bits per heavy atom. The van der Waals surface area contributed by atoms with Crippen LogP contribution in [0.3, 0.4) is 0 Å². The molecule has 0 amide bonds. The average molecular weight is 274 g/mol. The van der Waals surface area contributed by atoms with Crippen molar-refractivity contribution in [3.05, 3.63) is 26.8 Å². The van der Waals surface area contributed by atoms with Gasteiger partial charge in [-0.05, 0) is 18.9 Å². The van der Waals surface area contributed by atoms with Crippen LogP contribution in [0.1, 0.15) is 18.7 Å². The van der Waals surface area contributed by atoms with Crippen molar-refractivity contribution >= 4 is 34.5 Å². The Morgan fingerprint density at radius 2 is 2.19 bits per heavy atom. The van der Waals surface area contributed by atoms with Crippen molar-refractivity contribution in [2.75, 3.05) is 0 Å². The molecule has 3 nitrogen and oxygen atoms in total. The Hall–Kier alpha value is -0.550. The molecule has 1 saturated carbocycles. The van der Waals surface area contributed by atoms with Crippen LogP contribution >= 0.6 is 34.5 Å². The highest BCUT2D eigenvalue weighted by Gasteiger charge is 2.42. The van der Waals surface area contributed by atoms with Crippen molar-refractivity contribution in [3.8, 4) is 11.3 Å². The molecule has 1 aliphatic rings. The number of nitrogens with two attached hydrogens (primary N) is 1. The third kappa shape index (κ3) is 1.66. The molecule has 6 heteroatoms. The van der Waals surface area contributed by atoms with E-state index in [4.69, 9.17) is 28.9 Å². The van der Waals surface area contributed by atoms with Gasteiger partial charge in [-0.15, -0.1) is 11.3 Å². The molecular weight excluding hydrogens is 265 g/mol. The number of hydrogen-bond acceptors (Lipinski definition) is 3. The van der Waals surface area contributed by atoms with Gasteiger partial charge in [-0.3, -0.25) is 0 Å². The SMILES string of the molecule is NC1(c2ncc(-c3cc(Cl)sc3Cl)[nH]2)CC1. The van der Waals surface area contributed by atoms with E-state index in [0.717, 1.165) is 29.9 Å². The molecule has 2 aromatic rings. The first kappa shape index (κ1) is 10.6. The summed E-state index contributed by atoms with van der Waals surface area (Å²) >= 11 is 13.3. The molecule has 0 saturated heterocycles. The maximum atomic E-state index is 6.07. The summed E-state index contributed by atoms with van der Waals surface area (Å²) in [5.41, 5.74) is 7.57. The lowest BCUT2D eigenvalue weighted by Crippen LogP contribution is -2.20. The van der Waals surface area contributed by atoms with Gasteiger partial charge in [0.25, 0.3) is 0 Å². The molecule has 1 aliphatic carbocycles. The maximum Gasteiger partial charge on any atom is 0.126 e. The molecule has 0 atom stereocenters. The van der Waals surface area contributed by atoms with E-state index in [1.165, 1.54) is 11.3 Å². The van der Waals surface area contributed by atoms with E-state index in [1.54, 1.807) is 6.20 Å². The molecule has 0 aliphatic heterocycles. The molecule has 0 unspecified atom stereocenters. The Bertz CT molecular complexity index is 542. The molecule has 0 radical (unpaired) electrons. The standard InChI is InChI=1S/C10H9Cl2N3S/c11-7-3-5(8(12)16-7)6-4-14-9(15-6)10(13)1-2-10/h3-4H,1-2,13H2,(H,14,15). The molecular formula is C10H9Cl2N3S. The summed E-state index contributed by atoms with van der Waals surface area (Å²) < 4.78 is 1.34. The second-order valence-electron chi connectivity index (χ2n) is 4.04. The van der Waals surface area contributed by atoms with E-state index in [0.29, 0.717) is 8.67 Å². The van der Waals surface area contributed by atoms with Crippen LogP contribution in [-0.4, -0.2) is 9.97 Å². The average Bonchev–Trinajstić information content (AvgIpc) is 2.70. The Kier molecular flexibility index (Phi) is 2.30. The quantitative estimate of drug-likeness (QED) is 0.881. The molecule has 0 bridgehead atoms. The molecule has 2 heterocycles. The fourth-order valence-corrected chi connectivity index (χ4v) is 3.10. The second-order valence-corrected chi connectivity index (χ2v) is 6.33. The number of aromatic amines is 1. The minimum atomic E-state index is -0.245. The van der Waals surface area contributed by atoms with Crippen LogP contribution in [-0.2, 0) is 5.54 Å². The van der Waals surface area contributed by atoms with Crippen molar-refractivity contribution in [1.82, 2.24) is 9.97 Å². The van der Waals surface area contributed by atoms with Crippen LogP contribution in [0.25, 0.3) is 11.3 Å². The normalized spacial score (nSPS) is 17.7. The molecule has 3 rings (SSSR count). The first-order valence-electron chi connectivity index (χ1n) is 4.88. The van der Waals surface area contributed by atoms with Gasteiger partial charge in [0.15, 0.2) is 0 Å². The minimum Gasteiger partial charge on any atom is -0.340 e. The van der Waals surface area contributed by atoms with E-state index >= 15 is 0 Å². The zero-order chi connectivity index (χ0) is 11.3. The van der Waals surface area contributed by atoms with Crippen LogP contribution in [0, 0.1) is 0 Å². The fourth-order valence-electron chi connectivity index (χ4n) is 1.61. The van der Waals surface area contributed by atoms with Gasteiger partial charge >= 0.3 is 0 Å². The number of rotatable bonds is 2. The summed E-state index contributed by atoms with van der Waals surface area (Å²) in [6, 6.07) is 1.84. The summed E-state index contributed by atoms with van der Waals surface area (Å²) in [5.74, 6) is 0.834. The summed E-state index contributed by atoms with van der Waals surface area (Å²) in [7, 11) is 0. The van der Waals surface area contributed by atoms with Gasteiger partial charge in [0.05, 0.1) is 21.8 Å². The Morgan fingerprint density at radius 1 is 1.44 bits per heavy atom. The summed E-state index contributed by atoms with van der Waals surface area (Å²) in [4.78, 5) is 7.51. The molecule has 16 heavy (non-hydrogen) atoms. The highest BCUT2D eigenvalue weighted by molar-refractivity contribution is 7.20. The van der Waals surface area contributed by atoms with E-state index in [1.807, 2.05) is 6.07 Å². The van der Waals surface area contributed by atoms with Crippen LogP contribution < -0.4 is 5.73 Å². The third-order valence-electron chi connectivity index (χ3n) is 2.78. The van der Waals surface area contributed by atoms with Crippen LogP contribution in [0.15, 0.2) is 12.3 Å². The number of nitrogens with one attached hydrogen (secondary N) is 1. The minimum absolute atomic E-state index is 0.245. The van der Waals surface area contributed by atoms with E-state index in [9.17, 15) is 0 Å². The lowest BCUT2D eigenvalue weighted by Gasteiger charge is -2.02. The van der Waals surface area contributed by atoms with E-state index < -0.39 is 0 Å². The van der Waals surface area contributed by atoms with Gasteiger partial charge in [-0.25, -0.2) is 4.98 Å². The van der Waals surface area contributed by atoms with Crippen molar-refractivity contribution in [2.24, 2.45) is 5.73 Å². The summed E-state index contributed by atoms with van der Waals surface area (Å²) in [6.45, 7) is 0. The van der Waals surface area contributed by atoms with Gasteiger partial charge in [-0.2, -0.15) is 0 Å². The summed E-state index contributed by atoms with van der Waals surface area (Å²) in [6.07, 6.45) is 3.72. The van der Waals surface area contributed by atoms with Crippen molar-refractivity contribution < 1.29 is 0 Å². The second kappa shape index (κ2) is 3.47. The van der Waals surface area contributed by atoms with Gasteiger partial charge in [0.2, 0.25) is 0 Å². The maximum absolute atomic E-state index is 6.07. The topological polar surface area (TPSA) is 54.7 Å². The van der Waals surface area contributed by atoms with Crippen LogP contribution in [0.4, 0.5) is 0 Å². The summed E-state index contributed by atoms with van der Waals surface area (Å²) in [5, 5.41) is 0. The number of halogens is 2. The predicted molar refractivity (Wildman–Crippen MR) is 67.0 cm³/mol. The molecule has 0 spiro atoms. The number of imidazole rings is 1. The lowest BCUT2D eigenvalue weighted by atomic mass is 10.2. The van der Waals surface area contributed by atoms with Crippen molar-refractivity contribution in [3.63, 3.8) is 0 Å². The van der Waals surface area contributed by atoms with Gasteiger partial charge in [0, 0.05) is 5.56 Å². The number of hydrogen-bond donors (Lipinski definition) is 2. The highest BCUT2D eigenvalue weighted by atomic mass is 35.5. The Balaban J connectivity index is 2.01. The van der Waals surface area contributed by atoms with Crippen molar-refractivity contribution in [2.45, 2.75) is 18.4 Å². The molecule has 2 aromatic heterocycles. The number of nitrogens with zero attached hydrogens (tertiary/aromatic N) is 1. The number of thiophene rings is 1. The first-order chi connectivity index (χ1) is 7.58. The fraction of sp³-hybridized carbons (Fsp3) is 0.300. The monoisotopic (exact) mass is 273 g/mol. The largest absolute Gasteiger partial charge is 0.340 e. The van der Waals surface area contributed by atoms with Gasteiger partial charge in [0.1, 0.15) is 10.2 Å². The first-order valence-corrected chi connectivity index (χ1v) is 6.45. The van der Waals surface area contributed by atoms with Gasteiger partial charge in [-0.1, -0.05) is 23.2 Å². The van der Waals surface area contributed by atoms with E-state index in [-0.39, 0.29) is 5.54 Å². The lowest BCUT2D eigenvalue weighted by molar-refractivity contribution is 0.685. The Labute approximate surface area is 107 Å².